The van der Waals surface area contributed by atoms with Gasteiger partial charge in [-0.3, -0.25) is 9.62 Å². The van der Waals surface area contributed by atoms with Gasteiger partial charge in [0.1, 0.15) is 27.7 Å². The number of piperidine rings is 1. The van der Waals surface area contributed by atoms with E-state index in [1.54, 1.807) is 6.07 Å². The molecule has 2 fully saturated rings. The first-order valence-corrected chi connectivity index (χ1v) is 20.2. The van der Waals surface area contributed by atoms with E-state index in [1.807, 2.05) is 12.1 Å². The minimum atomic E-state index is -4.13. The maximum absolute atomic E-state index is 13.3. The Balaban J connectivity index is 1.26. The highest BCUT2D eigenvalue weighted by molar-refractivity contribution is 7.92. The second kappa shape index (κ2) is 13.8. The summed E-state index contributed by atoms with van der Waals surface area (Å²) in [7, 11) is -4.28. The number of fused-ring (bicyclic) bond motifs is 1. The molecule has 0 saturated carbocycles. The Bertz CT molecular complexity index is 2010. The largest absolute Gasteiger partial charge is 0.479 e. The van der Waals surface area contributed by atoms with Crippen LogP contribution in [0.3, 0.4) is 0 Å². The molecule has 0 radical (unpaired) electrons. The molecular formula is C29H37ClN10O5S3. The van der Waals surface area contributed by atoms with Crippen LogP contribution in [0.25, 0.3) is 10.2 Å². The van der Waals surface area contributed by atoms with E-state index in [-0.39, 0.29) is 33.7 Å². The van der Waals surface area contributed by atoms with E-state index in [2.05, 4.69) is 46.7 Å². The van der Waals surface area contributed by atoms with Crippen LogP contribution in [0, 0.1) is 0 Å². The Hall–Kier alpha value is -3.55. The van der Waals surface area contributed by atoms with Gasteiger partial charge in [-0.25, -0.2) is 31.1 Å². The molecule has 2 N–H and O–H groups in total. The van der Waals surface area contributed by atoms with Crippen LogP contribution in [-0.4, -0.2) is 119 Å². The van der Waals surface area contributed by atoms with Crippen molar-refractivity contribution in [1.82, 2.24) is 29.7 Å². The van der Waals surface area contributed by atoms with Gasteiger partial charge in [0, 0.05) is 45.3 Å². The standard InChI is InChI=1S/C29H37ClN10O5S3/c1-37-13-15-38(16-14-37)19-9-11-39(12-10-19)24-8-5-21(28(34-24)45-2)33-29-31-17-20(30)27(35-29)40(48(4,43)44)22-6-7-23-26(32-18-46-23)25(22)36-47(3,41)42/h5-8,17-19,36H,9-16H2,1-4H3,(H,31,33,35). The molecule has 0 aliphatic carbocycles. The Morgan fingerprint density at radius 2 is 1.71 bits per heavy atom. The molecule has 4 aromatic rings. The van der Waals surface area contributed by atoms with Crippen molar-refractivity contribution in [3.8, 4) is 5.88 Å². The van der Waals surface area contributed by atoms with Crippen molar-refractivity contribution in [2.75, 3.05) is 85.2 Å². The SMILES string of the molecule is COc1nc(N2CCC(N3CCN(C)CC3)CC2)ccc1Nc1ncc(Cl)c(N(c2ccc3scnc3c2NS(C)(=O)=O)S(C)(=O)=O)n1. The fourth-order valence-corrected chi connectivity index (χ4v) is 8.46. The number of hydrogen-bond donors (Lipinski definition) is 2. The number of aromatic nitrogens is 4. The van der Waals surface area contributed by atoms with Crippen molar-refractivity contribution >= 4 is 87.8 Å². The highest BCUT2D eigenvalue weighted by Crippen LogP contribution is 2.42. The Labute approximate surface area is 289 Å². The zero-order valence-corrected chi connectivity index (χ0v) is 30.1. The van der Waals surface area contributed by atoms with Crippen molar-refractivity contribution in [1.29, 1.82) is 0 Å². The zero-order chi connectivity index (χ0) is 34.2. The predicted molar refractivity (Wildman–Crippen MR) is 190 cm³/mol. The van der Waals surface area contributed by atoms with Crippen molar-refractivity contribution in [3.05, 3.63) is 41.0 Å². The summed E-state index contributed by atoms with van der Waals surface area (Å²) in [5, 5.41) is 2.98. The number of piperazine rings is 1. The second-order valence-electron chi connectivity index (χ2n) is 11.8. The number of anilines is 6. The van der Waals surface area contributed by atoms with Crippen molar-refractivity contribution in [2.24, 2.45) is 0 Å². The summed E-state index contributed by atoms with van der Waals surface area (Å²) in [6, 6.07) is 7.40. The third-order valence-corrected chi connectivity index (χ3v) is 11.0. The van der Waals surface area contributed by atoms with Gasteiger partial charge in [-0.2, -0.15) is 9.97 Å². The van der Waals surface area contributed by atoms with E-state index in [0.717, 1.165) is 74.7 Å². The zero-order valence-electron chi connectivity index (χ0n) is 26.9. The lowest BCUT2D eigenvalue weighted by atomic mass is 10.0. The molecule has 0 bridgehead atoms. The van der Waals surface area contributed by atoms with Gasteiger partial charge in [0.15, 0.2) is 5.82 Å². The van der Waals surface area contributed by atoms with Crippen molar-refractivity contribution < 1.29 is 21.6 Å². The fraction of sp³-hybridized carbons (Fsp3) is 0.448. The number of pyridine rings is 1. The third kappa shape index (κ3) is 7.52. The van der Waals surface area contributed by atoms with Gasteiger partial charge in [-0.05, 0) is 44.2 Å². The number of benzene rings is 1. The van der Waals surface area contributed by atoms with Gasteiger partial charge in [-0.1, -0.05) is 11.6 Å². The van der Waals surface area contributed by atoms with Crippen molar-refractivity contribution in [3.63, 3.8) is 0 Å². The van der Waals surface area contributed by atoms with Gasteiger partial charge >= 0.3 is 0 Å². The number of likely N-dealkylation sites (N-methyl/N-ethyl adjacent to an activating group) is 1. The first-order chi connectivity index (χ1) is 22.8. The molecular weight excluding hydrogens is 700 g/mol. The number of halogens is 1. The molecule has 48 heavy (non-hydrogen) atoms. The minimum absolute atomic E-state index is 0.0104. The van der Waals surface area contributed by atoms with Crippen LogP contribution < -0.4 is 24.0 Å². The van der Waals surface area contributed by atoms with Gasteiger partial charge in [0.25, 0.3) is 0 Å². The average molecular weight is 737 g/mol. The molecule has 1 aromatic carbocycles. The molecule has 19 heteroatoms. The lowest BCUT2D eigenvalue weighted by molar-refractivity contribution is 0.0981. The molecule has 0 spiro atoms. The van der Waals surface area contributed by atoms with E-state index in [4.69, 9.17) is 21.3 Å². The molecule has 0 amide bonds. The fourth-order valence-electron chi connectivity index (χ4n) is 6.01. The average Bonchev–Trinajstić information content (AvgIpc) is 3.53. The third-order valence-electron chi connectivity index (χ3n) is 8.36. The quantitative estimate of drug-likeness (QED) is 0.243. The topological polar surface area (TPSA) is 166 Å². The number of sulfonamides is 2. The number of thiazole rings is 1. The van der Waals surface area contributed by atoms with E-state index in [1.165, 1.54) is 36.2 Å². The van der Waals surface area contributed by atoms with Crippen molar-refractivity contribution in [2.45, 2.75) is 18.9 Å². The van der Waals surface area contributed by atoms with E-state index >= 15 is 0 Å². The van der Waals surface area contributed by atoms with Gasteiger partial charge in [0.05, 0.1) is 41.7 Å². The van der Waals surface area contributed by atoms with E-state index in [9.17, 15) is 16.8 Å². The molecule has 3 aromatic heterocycles. The van der Waals surface area contributed by atoms with Crippen LogP contribution in [-0.2, 0) is 20.0 Å². The first-order valence-electron chi connectivity index (χ1n) is 15.2. The smallest absolute Gasteiger partial charge is 0.239 e. The maximum atomic E-state index is 13.3. The molecule has 15 nitrogen and oxygen atoms in total. The Morgan fingerprint density at radius 3 is 2.38 bits per heavy atom. The maximum Gasteiger partial charge on any atom is 0.239 e. The number of nitrogens with one attached hydrogen (secondary N) is 2. The molecule has 6 rings (SSSR count). The van der Waals surface area contributed by atoms with Gasteiger partial charge in [-0.15, -0.1) is 11.3 Å². The van der Waals surface area contributed by atoms with Crippen LogP contribution in [0.1, 0.15) is 12.8 Å². The normalized spacial score (nSPS) is 17.1. The number of methoxy groups -OCH3 is 1. The molecule has 0 unspecified atom stereocenters. The number of hydrogen-bond acceptors (Lipinski definition) is 14. The predicted octanol–water partition coefficient (Wildman–Crippen LogP) is 3.57. The van der Waals surface area contributed by atoms with Crippen LogP contribution in [0.4, 0.5) is 34.6 Å². The summed E-state index contributed by atoms with van der Waals surface area (Å²) in [5.41, 5.74) is 2.21. The van der Waals surface area contributed by atoms with Crippen LogP contribution in [0.15, 0.2) is 36.0 Å². The lowest BCUT2D eigenvalue weighted by Gasteiger charge is -2.42. The monoisotopic (exact) mass is 736 g/mol. The lowest BCUT2D eigenvalue weighted by Crippen LogP contribution is -2.52. The molecule has 2 aliphatic rings. The highest BCUT2D eigenvalue weighted by Gasteiger charge is 2.30. The summed E-state index contributed by atoms with van der Waals surface area (Å²) in [6.45, 7) is 6.17. The highest BCUT2D eigenvalue weighted by atomic mass is 35.5. The summed E-state index contributed by atoms with van der Waals surface area (Å²) >= 11 is 7.78. The number of rotatable bonds is 10. The van der Waals surface area contributed by atoms with E-state index in [0.29, 0.717) is 22.3 Å². The first kappa shape index (κ1) is 34.3. The van der Waals surface area contributed by atoms with Gasteiger partial charge < -0.3 is 19.9 Å². The Kier molecular flexibility index (Phi) is 9.83. The second-order valence-corrected chi connectivity index (χ2v) is 16.7. The molecule has 258 valence electrons. The van der Waals surface area contributed by atoms with Crippen LogP contribution in [0.5, 0.6) is 5.88 Å². The molecule has 2 aliphatic heterocycles. The van der Waals surface area contributed by atoms with Crippen LogP contribution in [0.2, 0.25) is 5.02 Å². The Morgan fingerprint density at radius 1 is 0.979 bits per heavy atom. The molecule has 2 saturated heterocycles. The molecule has 0 atom stereocenters. The summed E-state index contributed by atoms with van der Waals surface area (Å²) in [6.07, 6.45) is 5.31. The summed E-state index contributed by atoms with van der Waals surface area (Å²) in [5.74, 6) is 0.909. The number of nitrogens with zero attached hydrogens (tertiary/aromatic N) is 8. The van der Waals surface area contributed by atoms with Gasteiger partial charge in [0.2, 0.25) is 31.9 Å². The van der Waals surface area contributed by atoms with E-state index < -0.39 is 20.0 Å². The minimum Gasteiger partial charge on any atom is -0.479 e. The van der Waals surface area contributed by atoms with Crippen LogP contribution >= 0.6 is 22.9 Å². The summed E-state index contributed by atoms with van der Waals surface area (Å²) < 4.78 is 60.8. The molecule has 5 heterocycles. The summed E-state index contributed by atoms with van der Waals surface area (Å²) in [4.78, 5) is 25.0. The number of ether oxygens (including phenoxy) is 1.